The summed E-state index contributed by atoms with van der Waals surface area (Å²) in [6.45, 7) is 27.7. The quantitative estimate of drug-likeness (QED) is 0.245. The molecule has 0 bridgehead atoms. The standard InChI is InChI=1S/2C10H15.2C2H5.2ClH.H2Si.Ti/c2*1-8-5-6-9(7-8)10(2,3)4;2*1-2;;;;/h2*7H,6H2,1-4H3;2*1H2,2H3;2*1H;1H2;/q4*-1;;;;. The molecule has 0 atom stereocenters. The van der Waals surface area contributed by atoms with Crippen LogP contribution in [0.4, 0.5) is 0 Å². The molecule has 0 spiro atoms. The molecule has 28 heavy (non-hydrogen) atoms. The van der Waals surface area contributed by atoms with Crippen LogP contribution in [0.25, 0.3) is 0 Å². The zero-order valence-electron chi connectivity index (χ0n) is 20.0. The van der Waals surface area contributed by atoms with Crippen LogP contribution in [0.5, 0.6) is 0 Å². The topological polar surface area (TPSA) is 0 Å². The first-order valence-electron chi connectivity index (χ1n) is 9.34. The van der Waals surface area contributed by atoms with Gasteiger partial charge in [0.1, 0.15) is 0 Å². The van der Waals surface area contributed by atoms with Gasteiger partial charge in [-0.1, -0.05) is 55.4 Å². The zero-order valence-corrected chi connectivity index (χ0v) is 24.6. The fourth-order valence-corrected chi connectivity index (χ4v) is 2.16. The van der Waals surface area contributed by atoms with E-state index in [-0.39, 0.29) is 24.8 Å². The van der Waals surface area contributed by atoms with Crippen molar-refractivity contribution in [1.82, 2.24) is 0 Å². The van der Waals surface area contributed by atoms with Gasteiger partial charge in [-0.05, 0) is 10.8 Å². The van der Waals surface area contributed by atoms with Gasteiger partial charge in [-0.2, -0.15) is 25.0 Å². The Hall–Kier alpha value is 0.471. The maximum atomic E-state index is 3.30. The predicted octanol–water partition coefficient (Wildman–Crippen LogP) is 7.83. The van der Waals surface area contributed by atoms with E-state index in [9.17, 15) is 0 Å². The van der Waals surface area contributed by atoms with Crippen molar-refractivity contribution in [3.63, 3.8) is 0 Å². The van der Waals surface area contributed by atoms with Crippen molar-refractivity contribution in [2.45, 2.75) is 82.1 Å². The van der Waals surface area contributed by atoms with E-state index < -0.39 is 0 Å². The van der Waals surface area contributed by atoms with Gasteiger partial charge in [-0.3, -0.25) is 12.2 Å². The Bertz CT molecular complexity index is 456. The van der Waals surface area contributed by atoms with Gasteiger partial charge in [0.25, 0.3) is 0 Å². The van der Waals surface area contributed by atoms with Crippen molar-refractivity contribution in [2.24, 2.45) is 10.8 Å². The number of hydrogen-bond acceptors (Lipinski definition) is 0. The molecule has 0 saturated heterocycles. The molecular weight excluding hydrogens is 435 g/mol. The first-order valence-corrected chi connectivity index (χ1v) is 13.4. The van der Waals surface area contributed by atoms with E-state index in [2.05, 4.69) is 93.5 Å². The van der Waals surface area contributed by atoms with Gasteiger partial charge in [0.15, 0.2) is 0 Å². The van der Waals surface area contributed by atoms with E-state index in [0.717, 1.165) is 12.8 Å². The van der Waals surface area contributed by atoms with Crippen LogP contribution in [0, 0.1) is 36.8 Å². The van der Waals surface area contributed by atoms with Crippen LogP contribution in [0.1, 0.15) is 82.1 Å². The number of rotatable bonds is 0. The summed E-state index contributed by atoms with van der Waals surface area (Å²) < 4.78 is 0. The van der Waals surface area contributed by atoms with Crippen LogP contribution in [0.2, 0.25) is 0 Å². The third kappa shape index (κ3) is 18.5. The van der Waals surface area contributed by atoms with E-state index in [0.29, 0.717) is 10.8 Å². The third-order valence-electron chi connectivity index (χ3n) is 3.82. The van der Waals surface area contributed by atoms with Gasteiger partial charge in [-0.15, -0.1) is 37.7 Å². The molecule has 0 saturated carbocycles. The van der Waals surface area contributed by atoms with Crippen LogP contribution in [0.3, 0.4) is 0 Å². The fraction of sp³-hybridized carbons (Fsp3) is 0.583. The van der Waals surface area contributed by atoms with Crippen molar-refractivity contribution in [2.75, 3.05) is 0 Å². The second-order valence-electron chi connectivity index (χ2n) is 7.91. The first-order chi connectivity index (χ1) is 12.0. The summed E-state index contributed by atoms with van der Waals surface area (Å²) in [4.78, 5) is 0. The van der Waals surface area contributed by atoms with Gasteiger partial charge < -0.3 is 13.8 Å². The maximum absolute atomic E-state index is 3.30. The molecule has 0 aromatic rings. The molecular formula is C24H44Cl2SiTi-4. The van der Waals surface area contributed by atoms with Gasteiger partial charge in [0, 0.05) is 0 Å². The van der Waals surface area contributed by atoms with Crippen LogP contribution in [0.15, 0.2) is 34.4 Å². The average molecular weight is 479 g/mol. The Morgan fingerprint density at radius 2 is 0.929 bits per heavy atom. The summed E-state index contributed by atoms with van der Waals surface area (Å²) in [6.07, 6.45) is 13.2. The molecule has 2 rings (SSSR count). The molecule has 0 N–H and O–H groups in total. The monoisotopic (exact) mass is 478 g/mol. The van der Waals surface area contributed by atoms with E-state index in [4.69, 9.17) is 0 Å². The Labute approximate surface area is 204 Å². The van der Waals surface area contributed by atoms with Gasteiger partial charge in [-0.25, -0.2) is 23.3 Å². The molecule has 2 aliphatic rings. The summed E-state index contributed by atoms with van der Waals surface area (Å²) in [6, 6.07) is 0. The van der Waals surface area contributed by atoms with Crippen molar-refractivity contribution in [1.29, 1.82) is 0 Å². The van der Waals surface area contributed by atoms with Crippen LogP contribution in [-0.4, -0.2) is 7.63 Å². The van der Waals surface area contributed by atoms with E-state index >= 15 is 0 Å². The SMILES string of the molecule is CC1=[C-]CC(C(C)(C)C)=C1.CC1=[C-]CC(C(C)(C)C)=C1.Cl.Cl.[CH2-]C.[CH2-]C.[SiH2]=[Ti]. The molecule has 0 aliphatic heterocycles. The summed E-state index contributed by atoms with van der Waals surface area (Å²) in [5.41, 5.74) is 6.28. The van der Waals surface area contributed by atoms with Crippen molar-refractivity contribution in [3.8, 4) is 0 Å². The van der Waals surface area contributed by atoms with Crippen LogP contribution < -0.4 is 0 Å². The summed E-state index contributed by atoms with van der Waals surface area (Å²) in [5, 5.41) is 0. The molecule has 0 amide bonds. The molecule has 0 heterocycles. The number of hydrogen-bond donors (Lipinski definition) is 0. The molecule has 0 fully saturated rings. The normalized spacial score (nSPS) is 14.0. The Morgan fingerprint density at radius 3 is 1.00 bits per heavy atom. The Kier molecular flexibility index (Phi) is 28.9. The van der Waals surface area contributed by atoms with Crippen LogP contribution >= 0.6 is 24.8 Å². The molecule has 4 heteroatoms. The molecule has 2 aliphatic carbocycles. The predicted molar refractivity (Wildman–Crippen MR) is 134 cm³/mol. The second kappa shape index (κ2) is 20.7. The summed E-state index contributed by atoms with van der Waals surface area (Å²) in [7, 11) is 1.86. The molecule has 0 nitrogen and oxygen atoms in total. The van der Waals surface area contributed by atoms with E-state index in [1.165, 1.54) is 22.3 Å². The Morgan fingerprint density at radius 1 is 0.714 bits per heavy atom. The molecule has 0 aromatic heterocycles. The number of halogens is 2. The van der Waals surface area contributed by atoms with Gasteiger partial charge in [0.2, 0.25) is 0 Å². The molecule has 166 valence electrons. The second-order valence-corrected chi connectivity index (χ2v) is 7.91. The minimum atomic E-state index is 0. The first kappa shape index (κ1) is 39.0. The third-order valence-corrected chi connectivity index (χ3v) is 3.82. The fourth-order valence-electron chi connectivity index (χ4n) is 2.16. The zero-order chi connectivity index (χ0) is 21.6. The molecule has 0 aromatic carbocycles. The molecule has 0 unspecified atom stereocenters. The summed E-state index contributed by atoms with van der Waals surface area (Å²) >= 11 is 2.03. The molecule has 0 radical (unpaired) electrons. The summed E-state index contributed by atoms with van der Waals surface area (Å²) in [5.74, 6) is 0. The van der Waals surface area contributed by atoms with E-state index in [1.54, 1.807) is 13.8 Å². The average Bonchev–Trinajstić information content (AvgIpc) is 3.22. The minimum absolute atomic E-state index is 0. The van der Waals surface area contributed by atoms with Crippen molar-refractivity contribution < 1.29 is 19.2 Å². The van der Waals surface area contributed by atoms with E-state index in [1.807, 2.05) is 26.8 Å². The van der Waals surface area contributed by atoms with Gasteiger partial charge in [0.05, 0.1) is 0 Å². The van der Waals surface area contributed by atoms with Crippen molar-refractivity contribution in [3.05, 3.63) is 60.4 Å². The number of allylic oxidation sites excluding steroid dienone is 8. The van der Waals surface area contributed by atoms with Gasteiger partial charge >= 0.3 is 26.8 Å². The van der Waals surface area contributed by atoms with Crippen molar-refractivity contribution >= 4 is 32.4 Å². The Balaban J connectivity index is -0.0000000940. The van der Waals surface area contributed by atoms with Crippen LogP contribution in [-0.2, 0) is 19.2 Å².